The Kier molecular flexibility index (Phi) is 4.12. The van der Waals surface area contributed by atoms with E-state index in [4.69, 9.17) is 38.8 Å². The Morgan fingerprint density at radius 2 is 2.26 bits per heavy atom. The second kappa shape index (κ2) is 5.48. The fraction of sp³-hybridized carbons (Fsp3) is 0.400. The number of hydrogen-bond acceptors (Lipinski definition) is 6. The van der Waals surface area contributed by atoms with Crippen molar-refractivity contribution in [3.05, 3.63) is 32.8 Å². The summed E-state index contributed by atoms with van der Waals surface area (Å²) in [5, 5.41) is 19.0. The van der Waals surface area contributed by atoms with Gasteiger partial charge in [0.25, 0.3) is 0 Å². The molecule has 0 aromatic carbocycles. The number of halogens is 2. The Morgan fingerprint density at radius 1 is 1.58 bits per heavy atom. The van der Waals surface area contributed by atoms with E-state index in [0.717, 1.165) is 4.57 Å². The Morgan fingerprint density at radius 3 is 2.79 bits per heavy atom. The van der Waals surface area contributed by atoms with E-state index < -0.39 is 30.7 Å². The molecule has 9 heteroatoms. The molecule has 2 rings (SSSR count). The van der Waals surface area contributed by atoms with Gasteiger partial charge in [0.1, 0.15) is 22.5 Å². The van der Waals surface area contributed by atoms with E-state index in [2.05, 4.69) is 4.98 Å². The molecule has 1 aliphatic rings. The molecule has 0 bridgehead atoms. The maximum absolute atomic E-state index is 11.7. The van der Waals surface area contributed by atoms with Crippen molar-refractivity contribution in [3.63, 3.8) is 0 Å². The summed E-state index contributed by atoms with van der Waals surface area (Å²) in [4.78, 5) is 15.3. The lowest BCUT2D eigenvalue weighted by atomic mass is 10.1. The monoisotopic (exact) mass is 307 g/mol. The number of nitrogen functional groups attached to an aromatic ring is 1. The average Bonchev–Trinajstić information content (AvgIpc) is 2.66. The van der Waals surface area contributed by atoms with Gasteiger partial charge in [0.05, 0.1) is 6.61 Å². The van der Waals surface area contributed by atoms with Gasteiger partial charge in [-0.25, -0.2) is 4.79 Å². The van der Waals surface area contributed by atoms with Gasteiger partial charge in [-0.1, -0.05) is 23.2 Å². The lowest BCUT2D eigenvalue weighted by Crippen LogP contribution is -2.28. The van der Waals surface area contributed by atoms with Gasteiger partial charge in [-0.05, 0) is 6.07 Å². The summed E-state index contributed by atoms with van der Waals surface area (Å²) in [6.45, 7) is -0.445. The minimum atomic E-state index is -1.20. The van der Waals surface area contributed by atoms with Crippen LogP contribution in [-0.4, -0.2) is 38.6 Å². The standard InChI is InChI=1S/C10H11Cl2N3O4/c11-8(12)6-7(17)4(3-16)19-9(6)15-2-1-5(13)14-10(15)18/h1-2,4,7,9,16-17H,3H2,(H2,13,14,18)/t4-,7-,9-/m1/s1. The first-order valence-electron chi connectivity index (χ1n) is 5.29. The molecule has 0 unspecified atom stereocenters. The van der Waals surface area contributed by atoms with Crippen LogP contribution in [0.15, 0.2) is 27.1 Å². The number of aliphatic hydroxyl groups is 2. The third-order valence-corrected chi connectivity index (χ3v) is 3.18. The number of aliphatic hydroxyl groups excluding tert-OH is 2. The molecule has 2 heterocycles. The number of hydrogen-bond donors (Lipinski definition) is 3. The van der Waals surface area contributed by atoms with Crippen molar-refractivity contribution in [2.24, 2.45) is 0 Å². The van der Waals surface area contributed by atoms with Crippen LogP contribution in [0.25, 0.3) is 0 Å². The van der Waals surface area contributed by atoms with Crippen molar-refractivity contribution < 1.29 is 14.9 Å². The van der Waals surface area contributed by atoms with Gasteiger partial charge < -0.3 is 20.7 Å². The second-order valence-electron chi connectivity index (χ2n) is 3.91. The largest absolute Gasteiger partial charge is 0.394 e. The van der Waals surface area contributed by atoms with Gasteiger partial charge in [-0.2, -0.15) is 4.98 Å². The zero-order valence-electron chi connectivity index (χ0n) is 9.53. The van der Waals surface area contributed by atoms with Crippen LogP contribution in [0.4, 0.5) is 5.82 Å². The van der Waals surface area contributed by atoms with Crippen LogP contribution >= 0.6 is 23.2 Å². The average molecular weight is 308 g/mol. The minimum absolute atomic E-state index is 0.0565. The summed E-state index contributed by atoms with van der Waals surface area (Å²) < 4.78 is 6.21. The highest BCUT2D eigenvalue weighted by Crippen LogP contribution is 2.37. The van der Waals surface area contributed by atoms with E-state index in [1.54, 1.807) is 0 Å². The van der Waals surface area contributed by atoms with Gasteiger partial charge in [0.15, 0.2) is 6.23 Å². The molecule has 1 aromatic heterocycles. The zero-order chi connectivity index (χ0) is 14.2. The first kappa shape index (κ1) is 14.3. The van der Waals surface area contributed by atoms with E-state index in [1.165, 1.54) is 12.3 Å². The van der Waals surface area contributed by atoms with E-state index >= 15 is 0 Å². The Hall–Kier alpha value is -1.12. The molecule has 1 saturated heterocycles. The summed E-state index contributed by atoms with van der Waals surface area (Å²) in [7, 11) is 0. The summed E-state index contributed by atoms with van der Waals surface area (Å²) in [5.74, 6) is 0.0565. The molecule has 19 heavy (non-hydrogen) atoms. The summed E-state index contributed by atoms with van der Waals surface area (Å²) in [5.41, 5.74) is 4.80. The molecular formula is C10H11Cl2N3O4. The Bertz CT molecular complexity index is 570. The van der Waals surface area contributed by atoms with E-state index in [9.17, 15) is 9.90 Å². The van der Waals surface area contributed by atoms with Crippen LogP contribution < -0.4 is 11.4 Å². The first-order valence-corrected chi connectivity index (χ1v) is 6.05. The first-order chi connectivity index (χ1) is 8.95. The quantitative estimate of drug-likeness (QED) is 0.696. The normalized spacial score (nSPS) is 26.7. The van der Waals surface area contributed by atoms with Gasteiger partial charge >= 0.3 is 5.69 Å². The van der Waals surface area contributed by atoms with Crippen molar-refractivity contribution in [1.82, 2.24) is 9.55 Å². The van der Waals surface area contributed by atoms with Gasteiger partial charge in [0, 0.05) is 11.8 Å². The number of anilines is 1. The summed E-state index contributed by atoms with van der Waals surface area (Å²) in [6, 6.07) is 1.39. The third-order valence-electron chi connectivity index (χ3n) is 2.74. The predicted molar refractivity (Wildman–Crippen MR) is 68.6 cm³/mol. The lowest BCUT2D eigenvalue weighted by Gasteiger charge is -2.15. The molecule has 0 saturated carbocycles. The van der Waals surface area contributed by atoms with E-state index in [-0.39, 0.29) is 15.9 Å². The minimum Gasteiger partial charge on any atom is -0.394 e. The molecule has 1 aromatic rings. The van der Waals surface area contributed by atoms with Crippen LogP contribution in [0.2, 0.25) is 0 Å². The predicted octanol–water partition coefficient (Wildman–Crippen LogP) is -0.235. The van der Waals surface area contributed by atoms with Crippen LogP contribution in [0.3, 0.4) is 0 Å². The molecule has 4 N–H and O–H groups in total. The van der Waals surface area contributed by atoms with Crippen molar-refractivity contribution in [3.8, 4) is 0 Å². The van der Waals surface area contributed by atoms with Crippen molar-refractivity contribution in [1.29, 1.82) is 0 Å². The van der Waals surface area contributed by atoms with E-state index in [1.807, 2.05) is 0 Å². The van der Waals surface area contributed by atoms with Gasteiger partial charge in [-0.3, -0.25) is 4.57 Å². The maximum atomic E-state index is 11.7. The topological polar surface area (TPSA) is 111 Å². The van der Waals surface area contributed by atoms with Crippen LogP contribution in [-0.2, 0) is 4.74 Å². The fourth-order valence-corrected chi connectivity index (χ4v) is 2.24. The van der Waals surface area contributed by atoms with Crippen molar-refractivity contribution >= 4 is 29.0 Å². The van der Waals surface area contributed by atoms with Crippen LogP contribution in [0.1, 0.15) is 6.23 Å². The number of rotatable bonds is 2. The van der Waals surface area contributed by atoms with Crippen molar-refractivity contribution in [2.45, 2.75) is 18.4 Å². The molecule has 0 aliphatic carbocycles. The Balaban J connectivity index is 2.49. The number of aromatic nitrogens is 2. The number of nitrogens with zero attached hydrogens (tertiary/aromatic N) is 2. The highest BCUT2D eigenvalue weighted by molar-refractivity contribution is 6.56. The Labute approximate surface area is 117 Å². The third kappa shape index (κ3) is 2.60. The summed E-state index contributed by atoms with van der Waals surface area (Å²) in [6.07, 6.45) is -1.81. The molecule has 0 spiro atoms. The SMILES string of the molecule is Nc1ccn([C@@H]2O[C@H](CO)[C@@H](O)C2=C(Cl)Cl)c(=O)n1. The van der Waals surface area contributed by atoms with Crippen molar-refractivity contribution in [2.75, 3.05) is 12.3 Å². The molecular weight excluding hydrogens is 297 g/mol. The lowest BCUT2D eigenvalue weighted by molar-refractivity contribution is -0.0447. The molecule has 0 radical (unpaired) electrons. The maximum Gasteiger partial charge on any atom is 0.351 e. The molecule has 7 nitrogen and oxygen atoms in total. The molecule has 104 valence electrons. The molecule has 1 fully saturated rings. The fourth-order valence-electron chi connectivity index (χ4n) is 1.83. The number of nitrogens with two attached hydrogens (primary N) is 1. The molecule has 0 amide bonds. The second-order valence-corrected chi connectivity index (χ2v) is 4.86. The summed E-state index contributed by atoms with van der Waals surface area (Å²) >= 11 is 11.4. The zero-order valence-corrected chi connectivity index (χ0v) is 11.0. The smallest absolute Gasteiger partial charge is 0.351 e. The van der Waals surface area contributed by atoms with Gasteiger partial charge in [-0.15, -0.1) is 0 Å². The number of ether oxygens (including phenoxy) is 1. The molecule has 1 aliphatic heterocycles. The highest BCUT2D eigenvalue weighted by atomic mass is 35.5. The van der Waals surface area contributed by atoms with Gasteiger partial charge in [0.2, 0.25) is 0 Å². The highest BCUT2D eigenvalue weighted by Gasteiger charge is 2.41. The molecule has 3 atom stereocenters. The van der Waals surface area contributed by atoms with Crippen LogP contribution in [0, 0.1) is 0 Å². The van der Waals surface area contributed by atoms with Crippen LogP contribution in [0.5, 0.6) is 0 Å². The van der Waals surface area contributed by atoms with E-state index in [0.29, 0.717) is 0 Å².